The van der Waals surface area contributed by atoms with E-state index in [1.165, 1.54) is 23.3 Å². The largest absolute Gasteiger partial charge is 0.474 e. The second-order valence-electron chi connectivity index (χ2n) is 7.79. The van der Waals surface area contributed by atoms with Crippen LogP contribution in [0, 0.1) is 0 Å². The summed E-state index contributed by atoms with van der Waals surface area (Å²) in [5.41, 5.74) is 1.32. The maximum Gasteiger partial charge on any atom is 0.225 e. The van der Waals surface area contributed by atoms with Gasteiger partial charge in [0, 0.05) is 33.7 Å². The van der Waals surface area contributed by atoms with E-state index in [2.05, 4.69) is 29.0 Å². The number of ether oxygens (including phenoxy) is 1. The van der Waals surface area contributed by atoms with Crippen molar-refractivity contribution in [1.29, 1.82) is 0 Å². The molecule has 2 atom stereocenters. The molecule has 4 rings (SSSR count). The SMILES string of the molecule is CN(C)C1CCC(Oc2ncnc3sc4c(c23)[C@H](CS(C)=O)CC4)CC1. The van der Waals surface area contributed by atoms with Crippen molar-refractivity contribution >= 4 is 32.4 Å². The van der Waals surface area contributed by atoms with Crippen molar-refractivity contribution in [3.8, 4) is 5.88 Å². The maximum absolute atomic E-state index is 11.8. The van der Waals surface area contributed by atoms with Gasteiger partial charge in [0.15, 0.2) is 0 Å². The zero-order valence-electron chi connectivity index (χ0n) is 15.7. The Bertz CT molecular complexity index is 812. The molecule has 1 fully saturated rings. The van der Waals surface area contributed by atoms with Gasteiger partial charge in [0.25, 0.3) is 0 Å². The van der Waals surface area contributed by atoms with Crippen LogP contribution in [0.5, 0.6) is 5.88 Å². The van der Waals surface area contributed by atoms with Crippen molar-refractivity contribution < 1.29 is 8.95 Å². The second kappa shape index (κ2) is 7.52. The van der Waals surface area contributed by atoms with Gasteiger partial charge in [0.05, 0.1) is 5.39 Å². The van der Waals surface area contributed by atoms with E-state index in [4.69, 9.17) is 4.74 Å². The molecule has 0 radical (unpaired) electrons. The molecule has 0 N–H and O–H groups in total. The van der Waals surface area contributed by atoms with Gasteiger partial charge in [-0.3, -0.25) is 4.21 Å². The number of thiophene rings is 1. The van der Waals surface area contributed by atoms with E-state index >= 15 is 0 Å². The molecule has 1 unspecified atom stereocenters. The highest BCUT2D eigenvalue weighted by molar-refractivity contribution is 7.84. The first-order valence-corrected chi connectivity index (χ1v) is 12.0. The Kier molecular flexibility index (Phi) is 5.30. The second-order valence-corrected chi connectivity index (χ2v) is 10.3. The molecule has 2 aliphatic rings. The van der Waals surface area contributed by atoms with Crippen LogP contribution >= 0.6 is 11.3 Å². The number of rotatable bonds is 5. The Morgan fingerprint density at radius 1 is 1.23 bits per heavy atom. The van der Waals surface area contributed by atoms with Gasteiger partial charge in [-0.05, 0) is 64.1 Å². The van der Waals surface area contributed by atoms with Crippen molar-refractivity contribution in [3.05, 3.63) is 16.8 Å². The minimum Gasteiger partial charge on any atom is -0.474 e. The molecule has 0 saturated heterocycles. The third kappa shape index (κ3) is 3.53. The highest BCUT2D eigenvalue weighted by atomic mass is 32.2. The average Bonchev–Trinajstić information content (AvgIpc) is 3.15. The molecular weight excluding hydrogens is 366 g/mol. The number of fused-ring (bicyclic) bond motifs is 3. The first-order valence-electron chi connectivity index (χ1n) is 9.42. The topological polar surface area (TPSA) is 55.3 Å². The van der Waals surface area contributed by atoms with Crippen LogP contribution in [-0.4, -0.2) is 57.3 Å². The van der Waals surface area contributed by atoms with Crippen molar-refractivity contribution in [2.24, 2.45) is 0 Å². The zero-order chi connectivity index (χ0) is 18.3. The fourth-order valence-electron chi connectivity index (χ4n) is 4.42. The fourth-order valence-corrected chi connectivity index (χ4v) is 6.55. The van der Waals surface area contributed by atoms with Crippen LogP contribution in [0.2, 0.25) is 0 Å². The summed E-state index contributed by atoms with van der Waals surface area (Å²) in [5.74, 6) is 1.82. The van der Waals surface area contributed by atoms with Crippen molar-refractivity contribution in [1.82, 2.24) is 14.9 Å². The normalized spacial score (nSPS) is 27.0. The first kappa shape index (κ1) is 18.3. The van der Waals surface area contributed by atoms with Crippen molar-refractivity contribution in [2.45, 2.75) is 56.6 Å². The molecule has 0 aliphatic heterocycles. The van der Waals surface area contributed by atoms with E-state index in [1.807, 2.05) is 0 Å². The van der Waals surface area contributed by atoms with Gasteiger partial charge < -0.3 is 9.64 Å². The predicted molar refractivity (Wildman–Crippen MR) is 108 cm³/mol. The minimum atomic E-state index is -0.793. The van der Waals surface area contributed by atoms with Crippen LogP contribution in [0.4, 0.5) is 0 Å². The van der Waals surface area contributed by atoms with E-state index in [1.54, 1.807) is 23.9 Å². The molecule has 0 aromatic carbocycles. The molecule has 5 nitrogen and oxygen atoms in total. The van der Waals surface area contributed by atoms with Crippen molar-refractivity contribution in [3.63, 3.8) is 0 Å². The molecule has 142 valence electrons. The molecule has 7 heteroatoms. The van der Waals surface area contributed by atoms with Gasteiger partial charge in [-0.2, -0.15) is 0 Å². The minimum absolute atomic E-state index is 0.236. The fraction of sp³-hybridized carbons (Fsp3) is 0.684. The Hall–Kier alpha value is -1.05. The van der Waals surface area contributed by atoms with E-state index < -0.39 is 10.8 Å². The molecule has 2 aromatic rings. The summed E-state index contributed by atoms with van der Waals surface area (Å²) in [5, 5.41) is 1.09. The number of hydrogen-bond acceptors (Lipinski definition) is 6. The number of hydrogen-bond donors (Lipinski definition) is 0. The summed E-state index contributed by atoms with van der Waals surface area (Å²) < 4.78 is 18.2. The number of aryl methyl sites for hydroxylation is 1. The smallest absolute Gasteiger partial charge is 0.225 e. The van der Waals surface area contributed by atoms with E-state index in [-0.39, 0.29) is 6.10 Å². The Morgan fingerprint density at radius 3 is 2.69 bits per heavy atom. The summed E-state index contributed by atoms with van der Waals surface area (Å²) in [7, 11) is 3.53. The quantitative estimate of drug-likeness (QED) is 0.780. The molecule has 1 saturated carbocycles. The molecule has 0 spiro atoms. The van der Waals surface area contributed by atoms with Gasteiger partial charge in [0.1, 0.15) is 17.3 Å². The molecule has 0 bridgehead atoms. The lowest BCUT2D eigenvalue weighted by atomic mass is 9.92. The van der Waals surface area contributed by atoms with Crippen LogP contribution in [0.3, 0.4) is 0 Å². The Balaban J connectivity index is 1.59. The van der Waals surface area contributed by atoms with Crippen molar-refractivity contribution in [2.75, 3.05) is 26.1 Å². The highest BCUT2D eigenvalue weighted by Crippen LogP contribution is 2.46. The monoisotopic (exact) mass is 393 g/mol. The Labute approximate surface area is 161 Å². The lowest BCUT2D eigenvalue weighted by Gasteiger charge is -2.32. The first-order chi connectivity index (χ1) is 12.5. The Morgan fingerprint density at radius 2 is 2.00 bits per heavy atom. The zero-order valence-corrected chi connectivity index (χ0v) is 17.4. The van der Waals surface area contributed by atoms with Crippen LogP contribution in [-0.2, 0) is 17.2 Å². The summed E-state index contributed by atoms with van der Waals surface area (Å²) >= 11 is 1.76. The molecular formula is C19H27N3O2S2. The van der Waals surface area contributed by atoms with Gasteiger partial charge >= 0.3 is 0 Å². The van der Waals surface area contributed by atoms with Gasteiger partial charge in [-0.1, -0.05) is 0 Å². The third-order valence-corrected chi connectivity index (χ3v) is 7.83. The summed E-state index contributed by atoms with van der Waals surface area (Å²) in [6.07, 6.45) is 10.3. The molecule has 26 heavy (non-hydrogen) atoms. The molecule has 2 heterocycles. The van der Waals surface area contributed by atoms with Gasteiger partial charge in [-0.15, -0.1) is 11.3 Å². The van der Waals surface area contributed by atoms with Gasteiger partial charge in [0.2, 0.25) is 5.88 Å². The highest BCUT2D eigenvalue weighted by Gasteiger charge is 2.32. The predicted octanol–water partition coefficient (Wildman–Crippen LogP) is 3.35. The number of aromatic nitrogens is 2. The van der Waals surface area contributed by atoms with E-state index in [0.717, 1.165) is 47.5 Å². The summed E-state index contributed by atoms with van der Waals surface area (Å²) in [6, 6.07) is 0.662. The standard InChI is InChI=1S/C19H27N3O2S2/c1-22(2)13-5-7-14(8-6-13)24-18-17-16-12(10-26(3)23)4-9-15(16)25-19(17)21-11-20-18/h11-14H,4-10H2,1-3H3/t12-,13?,14?,26?/m0/s1. The van der Waals surface area contributed by atoms with Gasteiger partial charge in [-0.25, -0.2) is 9.97 Å². The number of nitrogens with zero attached hydrogens (tertiary/aromatic N) is 3. The molecule has 2 aliphatic carbocycles. The van der Waals surface area contributed by atoms with Crippen LogP contribution in [0.1, 0.15) is 48.5 Å². The van der Waals surface area contributed by atoms with E-state index in [0.29, 0.717) is 12.0 Å². The van der Waals surface area contributed by atoms with E-state index in [9.17, 15) is 4.21 Å². The van der Waals surface area contributed by atoms with Crippen LogP contribution < -0.4 is 4.74 Å². The maximum atomic E-state index is 11.8. The molecule has 2 aromatic heterocycles. The lowest BCUT2D eigenvalue weighted by Crippen LogP contribution is -2.35. The molecule has 0 amide bonds. The summed E-state index contributed by atoms with van der Waals surface area (Å²) in [4.78, 5) is 13.7. The van der Waals surface area contributed by atoms with Crippen LogP contribution in [0.15, 0.2) is 6.33 Å². The third-order valence-electron chi connectivity index (χ3n) is 5.78. The van der Waals surface area contributed by atoms with Crippen LogP contribution in [0.25, 0.3) is 10.2 Å². The summed E-state index contributed by atoms with van der Waals surface area (Å²) in [6.45, 7) is 0. The average molecular weight is 394 g/mol. The lowest BCUT2D eigenvalue weighted by molar-refractivity contribution is 0.108.